The first-order valence-electron chi connectivity index (χ1n) is 7.84. The SMILES string of the molecule is N#Cc1ccc(CNCCN2CCc3ccccc3C2)cc1. The molecule has 0 saturated carbocycles. The van der Waals surface area contributed by atoms with Gasteiger partial charge in [0.15, 0.2) is 0 Å². The Morgan fingerprint density at radius 2 is 1.82 bits per heavy atom. The highest BCUT2D eigenvalue weighted by Gasteiger charge is 2.14. The predicted octanol–water partition coefficient (Wildman–Crippen LogP) is 2.71. The van der Waals surface area contributed by atoms with Crippen molar-refractivity contribution in [3.63, 3.8) is 0 Å². The van der Waals surface area contributed by atoms with E-state index < -0.39 is 0 Å². The zero-order valence-corrected chi connectivity index (χ0v) is 12.8. The standard InChI is InChI=1S/C19H21N3/c20-13-16-5-7-17(8-6-16)14-21-10-12-22-11-9-18-3-1-2-4-19(18)15-22/h1-8,21H,9-12,14-15H2. The van der Waals surface area contributed by atoms with Gasteiger partial charge in [0.25, 0.3) is 0 Å². The third-order valence-electron chi connectivity index (χ3n) is 4.23. The van der Waals surface area contributed by atoms with E-state index >= 15 is 0 Å². The first-order valence-corrected chi connectivity index (χ1v) is 7.84. The maximum atomic E-state index is 8.79. The second kappa shape index (κ2) is 7.22. The van der Waals surface area contributed by atoms with E-state index in [9.17, 15) is 0 Å². The van der Waals surface area contributed by atoms with Crippen molar-refractivity contribution in [2.24, 2.45) is 0 Å². The number of benzene rings is 2. The molecule has 0 aliphatic carbocycles. The topological polar surface area (TPSA) is 39.1 Å². The van der Waals surface area contributed by atoms with Gasteiger partial charge < -0.3 is 5.32 Å². The number of nitriles is 1. The van der Waals surface area contributed by atoms with Crippen molar-refractivity contribution >= 4 is 0 Å². The number of nitrogens with one attached hydrogen (secondary N) is 1. The molecule has 0 saturated heterocycles. The molecule has 2 aromatic carbocycles. The van der Waals surface area contributed by atoms with Crippen LogP contribution in [0.3, 0.4) is 0 Å². The van der Waals surface area contributed by atoms with Gasteiger partial charge in [-0.2, -0.15) is 5.26 Å². The van der Waals surface area contributed by atoms with Gasteiger partial charge in [0, 0.05) is 32.7 Å². The fraction of sp³-hybridized carbons (Fsp3) is 0.316. The molecule has 1 aliphatic heterocycles. The monoisotopic (exact) mass is 291 g/mol. The Morgan fingerprint density at radius 3 is 2.59 bits per heavy atom. The average Bonchev–Trinajstić information content (AvgIpc) is 2.59. The summed E-state index contributed by atoms with van der Waals surface area (Å²) in [5.41, 5.74) is 4.92. The molecule has 2 aromatic rings. The van der Waals surface area contributed by atoms with E-state index in [-0.39, 0.29) is 0 Å². The molecule has 1 heterocycles. The lowest BCUT2D eigenvalue weighted by atomic mass is 10.00. The molecule has 0 spiro atoms. The van der Waals surface area contributed by atoms with Gasteiger partial charge in [0.1, 0.15) is 0 Å². The summed E-state index contributed by atoms with van der Waals surface area (Å²) in [5.74, 6) is 0. The van der Waals surface area contributed by atoms with E-state index in [4.69, 9.17) is 5.26 Å². The fourth-order valence-electron chi connectivity index (χ4n) is 2.91. The van der Waals surface area contributed by atoms with E-state index in [0.717, 1.165) is 44.7 Å². The van der Waals surface area contributed by atoms with Gasteiger partial charge in [0.05, 0.1) is 11.6 Å². The van der Waals surface area contributed by atoms with Gasteiger partial charge in [-0.25, -0.2) is 0 Å². The Kier molecular flexibility index (Phi) is 4.85. The van der Waals surface area contributed by atoms with Crippen LogP contribution in [0.1, 0.15) is 22.3 Å². The molecular weight excluding hydrogens is 270 g/mol. The minimum absolute atomic E-state index is 0.718. The van der Waals surface area contributed by atoms with Crippen molar-refractivity contribution in [2.75, 3.05) is 19.6 Å². The maximum absolute atomic E-state index is 8.79. The molecule has 112 valence electrons. The van der Waals surface area contributed by atoms with E-state index in [1.807, 2.05) is 24.3 Å². The van der Waals surface area contributed by atoms with Crippen molar-refractivity contribution < 1.29 is 0 Å². The molecular formula is C19H21N3. The molecule has 1 aliphatic rings. The van der Waals surface area contributed by atoms with Gasteiger partial charge in [-0.15, -0.1) is 0 Å². The Balaban J connectivity index is 1.41. The molecule has 3 rings (SSSR count). The van der Waals surface area contributed by atoms with Gasteiger partial charge in [-0.1, -0.05) is 36.4 Å². The second-order valence-corrected chi connectivity index (χ2v) is 5.78. The van der Waals surface area contributed by atoms with Crippen molar-refractivity contribution in [3.8, 4) is 6.07 Å². The van der Waals surface area contributed by atoms with Crippen molar-refractivity contribution in [1.29, 1.82) is 5.26 Å². The largest absolute Gasteiger partial charge is 0.311 e. The van der Waals surface area contributed by atoms with Crippen LogP contribution in [0.25, 0.3) is 0 Å². The number of hydrogen-bond donors (Lipinski definition) is 1. The summed E-state index contributed by atoms with van der Waals surface area (Å²) >= 11 is 0. The summed E-state index contributed by atoms with van der Waals surface area (Å²) in [6.07, 6.45) is 1.16. The zero-order chi connectivity index (χ0) is 15.2. The molecule has 0 aromatic heterocycles. The zero-order valence-electron chi connectivity index (χ0n) is 12.8. The maximum Gasteiger partial charge on any atom is 0.0991 e. The molecule has 22 heavy (non-hydrogen) atoms. The fourth-order valence-corrected chi connectivity index (χ4v) is 2.91. The molecule has 0 fully saturated rings. The summed E-state index contributed by atoms with van der Waals surface area (Å²) < 4.78 is 0. The predicted molar refractivity (Wildman–Crippen MR) is 88.3 cm³/mol. The highest BCUT2D eigenvalue weighted by atomic mass is 15.1. The van der Waals surface area contributed by atoms with Crippen LogP contribution in [0.2, 0.25) is 0 Å². The number of rotatable bonds is 5. The summed E-state index contributed by atoms with van der Waals surface area (Å²) in [6.45, 7) is 5.13. The van der Waals surface area contributed by atoms with Gasteiger partial charge in [0.2, 0.25) is 0 Å². The van der Waals surface area contributed by atoms with Crippen molar-refractivity contribution in [2.45, 2.75) is 19.5 Å². The molecule has 0 unspecified atom stereocenters. The summed E-state index contributed by atoms with van der Waals surface area (Å²) in [7, 11) is 0. The summed E-state index contributed by atoms with van der Waals surface area (Å²) in [5, 5.41) is 12.3. The van der Waals surface area contributed by atoms with Crippen LogP contribution < -0.4 is 5.32 Å². The minimum Gasteiger partial charge on any atom is -0.311 e. The lowest BCUT2D eigenvalue weighted by Gasteiger charge is -2.28. The van der Waals surface area contributed by atoms with Crippen LogP contribution in [-0.4, -0.2) is 24.5 Å². The molecule has 0 bridgehead atoms. The van der Waals surface area contributed by atoms with Crippen LogP contribution in [0.5, 0.6) is 0 Å². The van der Waals surface area contributed by atoms with Crippen LogP contribution >= 0.6 is 0 Å². The van der Waals surface area contributed by atoms with E-state index in [1.54, 1.807) is 0 Å². The number of nitrogens with zero attached hydrogens (tertiary/aromatic N) is 2. The van der Waals surface area contributed by atoms with E-state index in [0.29, 0.717) is 0 Å². The van der Waals surface area contributed by atoms with Crippen LogP contribution in [0, 0.1) is 11.3 Å². The molecule has 0 amide bonds. The molecule has 0 radical (unpaired) electrons. The third kappa shape index (κ3) is 3.73. The van der Waals surface area contributed by atoms with Crippen molar-refractivity contribution in [1.82, 2.24) is 10.2 Å². The Labute approximate surface area is 132 Å². The Bertz CT molecular complexity index is 655. The highest BCUT2D eigenvalue weighted by Crippen LogP contribution is 2.17. The summed E-state index contributed by atoms with van der Waals surface area (Å²) in [6, 6.07) is 18.7. The minimum atomic E-state index is 0.718. The van der Waals surface area contributed by atoms with Gasteiger partial charge in [-0.3, -0.25) is 4.90 Å². The quantitative estimate of drug-likeness (QED) is 0.861. The number of fused-ring (bicyclic) bond motifs is 1. The smallest absolute Gasteiger partial charge is 0.0991 e. The van der Waals surface area contributed by atoms with Gasteiger partial charge in [-0.05, 0) is 35.2 Å². The van der Waals surface area contributed by atoms with Crippen LogP contribution in [0.15, 0.2) is 48.5 Å². The molecule has 0 atom stereocenters. The lowest BCUT2D eigenvalue weighted by molar-refractivity contribution is 0.254. The van der Waals surface area contributed by atoms with Gasteiger partial charge >= 0.3 is 0 Å². The average molecular weight is 291 g/mol. The Hall–Kier alpha value is -2.15. The molecule has 1 N–H and O–H groups in total. The molecule has 3 heteroatoms. The second-order valence-electron chi connectivity index (χ2n) is 5.78. The van der Waals surface area contributed by atoms with Crippen LogP contribution in [-0.2, 0) is 19.5 Å². The first-order chi connectivity index (χ1) is 10.8. The van der Waals surface area contributed by atoms with Crippen LogP contribution in [0.4, 0.5) is 0 Å². The lowest BCUT2D eigenvalue weighted by Crippen LogP contribution is -2.35. The summed E-state index contributed by atoms with van der Waals surface area (Å²) in [4.78, 5) is 2.51. The third-order valence-corrected chi connectivity index (χ3v) is 4.23. The highest BCUT2D eigenvalue weighted by molar-refractivity contribution is 5.31. The number of hydrogen-bond acceptors (Lipinski definition) is 3. The Morgan fingerprint density at radius 1 is 1.05 bits per heavy atom. The normalized spacial score (nSPS) is 14.3. The van der Waals surface area contributed by atoms with E-state index in [2.05, 4.69) is 40.6 Å². The van der Waals surface area contributed by atoms with E-state index in [1.165, 1.54) is 16.7 Å². The molecule has 3 nitrogen and oxygen atoms in total. The first kappa shape index (κ1) is 14.8. The van der Waals surface area contributed by atoms with Crippen molar-refractivity contribution in [3.05, 3.63) is 70.8 Å².